The van der Waals surface area contributed by atoms with E-state index >= 15 is 0 Å². The first-order valence-corrected chi connectivity index (χ1v) is 7.99. The summed E-state index contributed by atoms with van der Waals surface area (Å²) in [6, 6.07) is 4.98. The van der Waals surface area contributed by atoms with E-state index in [2.05, 4.69) is 10.6 Å². The first kappa shape index (κ1) is 15.6. The van der Waals surface area contributed by atoms with Crippen molar-refractivity contribution in [1.29, 1.82) is 0 Å². The monoisotopic (exact) mass is 326 g/mol. The molecule has 2 N–H and O–H groups in total. The summed E-state index contributed by atoms with van der Waals surface area (Å²) in [5.74, 6) is 0.811. The summed E-state index contributed by atoms with van der Waals surface area (Å²) >= 11 is 5.60. The minimum Gasteiger partial charge on any atom is -0.484 e. The van der Waals surface area contributed by atoms with Crippen LogP contribution >= 0.6 is 11.6 Å². The first-order valence-electron chi connectivity index (χ1n) is 7.61. The normalized spacial score (nSPS) is 29.6. The van der Waals surface area contributed by atoms with Crippen LogP contribution in [0.1, 0.15) is 19.3 Å². The number of hydrogen-bond donors (Lipinski definition) is 2. The molecule has 2 saturated carbocycles. The summed E-state index contributed by atoms with van der Waals surface area (Å²) in [4.78, 5) is 12.0. The van der Waals surface area contributed by atoms with Gasteiger partial charge in [-0.05, 0) is 50.3 Å². The lowest BCUT2D eigenvalue weighted by Gasteiger charge is -2.28. The maximum absolute atomic E-state index is 13.3. The highest BCUT2D eigenvalue weighted by Crippen LogP contribution is 2.44. The smallest absolute Gasteiger partial charge is 0.258 e. The van der Waals surface area contributed by atoms with E-state index in [0.29, 0.717) is 23.6 Å². The lowest BCUT2D eigenvalue weighted by atomic mass is 9.91. The predicted octanol–water partition coefficient (Wildman–Crippen LogP) is 2.36. The number of nitrogens with one attached hydrogen (secondary N) is 2. The van der Waals surface area contributed by atoms with Gasteiger partial charge in [0.25, 0.3) is 5.91 Å². The van der Waals surface area contributed by atoms with Crippen molar-refractivity contribution in [1.82, 2.24) is 10.6 Å². The van der Waals surface area contributed by atoms with Crippen LogP contribution in [0, 0.1) is 17.7 Å². The summed E-state index contributed by atoms with van der Waals surface area (Å²) in [7, 11) is 2.00. The molecule has 1 aromatic carbocycles. The van der Waals surface area contributed by atoms with E-state index in [1.807, 2.05) is 7.05 Å². The van der Waals surface area contributed by atoms with Crippen molar-refractivity contribution in [3.05, 3.63) is 29.0 Å². The van der Waals surface area contributed by atoms with Gasteiger partial charge in [-0.2, -0.15) is 0 Å². The van der Waals surface area contributed by atoms with Crippen LogP contribution < -0.4 is 15.4 Å². The van der Waals surface area contributed by atoms with Crippen molar-refractivity contribution < 1.29 is 13.9 Å². The molecule has 2 bridgehead atoms. The molecule has 0 heterocycles. The lowest BCUT2D eigenvalue weighted by molar-refractivity contribution is -0.124. The molecule has 1 amide bonds. The van der Waals surface area contributed by atoms with E-state index in [1.165, 1.54) is 18.6 Å². The number of ether oxygens (including phenoxy) is 1. The molecule has 2 aliphatic carbocycles. The van der Waals surface area contributed by atoms with Gasteiger partial charge in [0.15, 0.2) is 6.61 Å². The standard InChI is InChI=1S/C16H20ClFN2O2/c1-19-14-5-10-4-9(14)6-15(10)20-16(21)8-22-11-2-3-12(17)13(18)7-11/h2-3,7,9-10,14-15,19H,4-6,8H2,1H3,(H,20,21). The van der Waals surface area contributed by atoms with Crippen LogP contribution in [0.2, 0.25) is 5.02 Å². The highest BCUT2D eigenvalue weighted by Gasteiger charge is 2.45. The Bertz CT molecular complexity index is 569. The molecule has 0 spiro atoms. The SMILES string of the molecule is CNC1CC2CC1CC2NC(=O)COc1ccc(Cl)c(F)c1. The first-order chi connectivity index (χ1) is 10.6. The second-order valence-corrected chi connectivity index (χ2v) is 6.57. The van der Waals surface area contributed by atoms with Crippen LogP contribution in [0.4, 0.5) is 4.39 Å². The summed E-state index contributed by atoms with van der Waals surface area (Å²) < 4.78 is 18.6. The van der Waals surface area contributed by atoms with E-state index in [4.69, 9.17) is 16.3 Å². The van der Waals surface area contributed by atoms with Gasteiger partial charge < -0.3 is 15.4 Å². The van der Waals surface area contributed by atoms with Crippen molar-refractivity contribution in [2.75, 3.05) is 13.7 Å². The van der Waals surface area contributed by atoms with Crippen molar-refractivity contribution in [3.63, 3.8) is 0 Å². The fraction of sp³-hybridized carbons (Fsp3) is 0.562. The van der Waals surface area contributed by atoms with Gasteiger partial charge in [-0.3, -0.25) is 4.79 Å². The molecule has 0 aromatic heterocycles. The Balaban J connectivity index is 1.47. The highest BCUT2D eigenvalue weighted by molar-refractivity contribution is 6.30. The van der Waals surface area contributed by atoms with Gasteiger partial charge in [0.05, 0.1) is 5.02 Å². The molecule has 2 aliphatic rings. The molecule has 6 heteroatoms. The van der Waals surface area contributed by atoms with E-state index in [0.717, 1.165) is 12.8 Å². The van der Waals surface area contributed by atoms with Crippen LogP contribution in [0.15, 0.2) is 18.2 Å². The fourth-order valence-electron chi connectivity index (χ4n) is 3.77. The third-order valence-electron chi connectivity index (χ3n) is 4.84. The van der Waals surface area contributed by atoms with Crippen molar-refractivity contribution in [2.45, 2.75) is 31.3 Å². The minimum absolute atomic E-state index is 0.0397. The molecular weight excluding hydrogens is 307 g/mol. The number of benzene rings is 1. The number of fused-ring (bicyclic) bond motifs is 2. The Hall–Kier alpha value is -1.33. The number of halogens is 2. The zero-order valence-electron chi connectivity index (χ0n) is 12.4. The average molecular weight is 327 g/mol. The van der Waals surface area contributed by atoms with Gasteiger partial charge in [-0.25, -0.2) is 4.39 Å². The van der Waals surface area contributed by atoms with Crippen LogP contribution in [-0.4, -0.2) is 31.6 Å². The molecule has 120 valence electrons. The van der Waals surface area contributed by atoms with Gasteiger partial charge in [0.2, 0.25) is 0 Å². The Morgan fingerprint density at radius 1 is 1.32 bits per heavy atom. The zero-order chi connectivity index (χ0) is 15.7. The third-order valence-corrected chi connectivity index (χ3v) is 5.14. The fourth-order valence-corrected chi connectivity index (χ4v) is 3.89. The topological polar surface area (TPSA) is 50.4 Å². The molecular formula is C16H20ClFN2O2. The van der Waals surface area contributed by atoms with Crippen LogP contribution in [0.3, 0.4) is 0 Å². The maximum atomic E-state index is 13.3. The van der Waals surface area contributed by atoms with Crippen LogP contribution in [-0.2, 0) is 4.79 Å². The molecule has 4 atom stereocenters. The summed E-state index contributed by atoms with van der Waals surface area (Å²) in [6.07, 6.45) is 3.33. The number of carbonyl (C=O) groups is 1. The highest BCUT2D eigenvalue weighted by atomic mass is 35.5. The van der Waals surface area contributed by atoms with E-state index in [1.54, 1.807) is 6.07 Å². The molecule has 0 aliphatic heterocycles. The average Bonchev–Trinajstić information content (AvgIpc) is 3.08. The van der Waals surface area contributed by atoms with Crippen LogP contribution in [0.5, 0.6) is 5.75 Å². The second kappa shape index (κ2) is 6.42. The van der Waals surface area contributed by atoms with Crippen molar-refractivity contribution in [3.8, 4) is 5.75 Å². The number of amides is 1. The van der Waals surface area contributed by atoms with Gasteiger partial charge >= 0.3 is 0 Å². The Labute approximate surface area is 134 Å². The van der Waals surface area contributed by atoms with Crippen LogP contribution in [0.25, 0.3) is 0 Å². The Kier molecular flexibility index (Phi) is 4.54. The summed E-state index contributed by atoms with van der Waals surface area (Å²) in [6.45, 7) is -0.107. The van der Waals surface area contributed by atoms with Crippen molar-refractivity contribution >= 4 is 17.5 Å². The lowest BCUT2D eigenvalue weighted by Crippen LogP contribution is -2.44. The van der Waals surface area contributed by atoms with Gasteiger partial charge in [-0.1, -0.05) is 11.6 Å². The minimum atomic E-state index is -0.550. The number of carbonyl (C=O) groups excluding carboxylic acids is 1. The van der Waals surface area contributed by atoms with E-state index in [-0.39, 0.29) is 23.6 Å². The van der Waals surface area contributed by atoms with Gasteiger partial charge in [0, 0.05) is 18.2 Å². The number of hydrogen-bond acceptors (Lipinski definition) is 3. The van der Waals surface area contributed by atoms with Gasteiger partial charge in [-0.15, -0.1) is 0 Å². The molecule has 4 nitrogen and oxygen atoms in total. The van der Waals surface area contributed by atoms with Gasteiger partial charge in [0.1, 0.15) is 11.6 Å². The summed E-state index contributed by atoms with van der Waals surface area (Å²) in [5.41, 5.74) is 0. The predicted molar refractivity (Wildman–Crippen MR) is 82.5 cm³/mol. The van der Waals surface area contributed by atoms with Crippen molar-refractivity contribution in [2.24, 2.45) is 11.8 Å². The molecule has 22 heavy (non-hydrogen) atoms. The molecule has 1 aromatic rings. The molecule has 0 radical (unpaired) electrons. The quantitative estimate of drug-likeness (QED) is 0.873. The Morgan fingerprint density at radius 2 is 2.05 bits per heavy atom. The molecule has 2 fully saturated rings. The second-order valence-electron chi connectivity index (χ2n) is 6.16. The molecule has 3 rings (SSSR count). The molecule has 0 saturated heterocycles. The van der Waals surface area contributed by atoms with E-state index < -0.39 is 5.82 Å². The zero-order valence-corrected chi connectivity index (χ0v) is 13.2. The third kappa shape index (κ3) is 3.20. The largest absolute Gasteiger partial charge is 0.484 e. The molecule has 4 unspecified atom stereocenters. The number of rotatable bonds is 5. The Morgan fingerprint density at radius 3 is 2.68 bits per heavy atom. The van der Waals surface area contributed by atoms with E-state index in [9.17, 15) is 9.18 Å². The summed E-state index contributed by atoms with van der Waals surface area (Å²) in [5, 5.41) is 6.42. The maximum Gasteiger partial charge on any atom is 0.258 e.